The van der Waals surface area contributed by atoms with Gasteiger partial charge in [0.15, 0.2) is 0 Å². The average Bonchev–Trinajstić information content (AvgIpc) is 2.24. The Kier molecular flexibility index (Phi) is 10.6. The van der Waals surface area contributed by atoms with E-state index in [1.807, 2.05) is 20.8 Å². The minimum Gasteiger partial charge on any atom is -0.393 e. The zero-order valence-corrected chi connectivity index (χ0v) is 12.1. The Morgan fingerprint density at radius 2 is 1.72 bits per heavy atom. The van der Waals surface area contributed by atoms with Crippen molar-refractivity contribution < 1.29 is 19.7 Å². The summed E-state index contributed by atoms with van der Waals surface area (Å²) in [5, 5.41) is 22.0. The number of aliphatic hydroxyl groups excluding tert-OH is 2. The van der Waals surface area contributed by atoms with E-state index in [9.17, 15) is 10.2 Å². The summed E-state index contributed by atoms with van der Waals surface area (Å²) in [5.74, 6) is 0. The molecule has 0 fully saturated rings. The van der Waals surface area contributed by atoms with E-state index in [4.69, 9.17) is 9.47 Å². The number of aliphatic hydroxyl groups is 2. The van der Waals surface area contributed by atoms with Crippen molar-refractivity contribution in [3.05, 3.63) is 0 Å². The molecule has 18 heavy (non-hydrogen) atoms. The summed E-state index contributed by atoms with van der Waals surface area (Å²) in [7, 11) is 0. The summed E-state index contributed by atoms with van der Waals surface area (Å²) in [6.07, 6.45) is 0.0339. The maximum absolute atomic E-state index is 9.65. The first-order valence-electron chi connectivity index (χ1n) is 6.70. The second-order valence-electron chi connectivity index (χ2n) is 5.04. The van der Waals surface area contributed by atoms with Crippen molar-refractivity contribution in [3.63, 3.8) is 0 Å². The van der Waals surface area contributed by atoms with E-state index >= 15 is 0 Å². The summed E-state index contributed by atoms with van der Waals surface area (Å²) in [5.41, 5.74) is 0. The van der Waals surface area contributed by atoms with Crippen LogP contribution in [0.25, 0.3) is 0 Å². The molecule has 0 aromatic heterocycles. The van der Waals surface area contributed by atoms with Gasteiger partial charge in [0, 0.05) is 12.6 Å². The lowest BCUT2D eigenvalue weighted by Crippen LogP contribution is -2.37. The number of ether oxygens (including phenoxy) is 2. The molecule has 3 unspecified atom stereocenters. The molecule has 110 valence electrons. The van der Waals surface area contributed by atoms with Gasteiger partial charge in [0.25, 0.3) is 0 Å². The average molecular weight is 263 g/mol. The highest BCUT2D eigenvalue weighted by Crippen LogP contribution is 1.97. The fourth-order valence-electron chi connectivity index (χ4n) is 1.55. The quantitative estimate of drug-likeness (QED) is 0.475. The lowest BCUT2D eigenvalue weighted by molar-refractivity contribution is -0.0106. The molecule has 5 nitrogen and oxygen atoms in total. The number of hydrogen-bond acceptors (Lipinski definition) is 5. The molecule has 0 aliphatic rings. The third-order valence-electron chi connectivity index (χ3n) is 2.39. The molecule has 0 aromatic carbocycles. The van der Waals surface area contributed by atoms with E-state index in [2.05, 4.69) is 5.32 Å². The second kappa shape index (κ2) is 10.7. The highest BCUT2D eigenvalue weighted by molar-refractivity contribution is 4.67. The zero-order valence-electron chi connectivity index (χ0n) is 12.1. The van der Waals surface area contributed by atoms with E-state index in [1.54, 1.807) is 6.92 Å². The fraction of sp³-hybridized carbons (Fsp3) is 1.00. The first-order valence-corrected chi connectivity index (χ1v) is 6.70. The molecule has 0 rings (SSSR count). The molecule has 0 aromatic rings. The first-order chi connectivity index (χ1) is 8.41. The van der Waals surface area contributed by atoms with E-state index in [0.29, 0.717) is 32.8 Å². The second-order valence-corrected chi connectivity index (χ2v) is 5.04. The Morgan fingerprint density at radius 3 is 2.28 bits per heavy atom. The molecule has 0 spiro atoms. The monoisotopic (exact) mass is 263 g/mol. The largest absolute Gasteiger partial charge is 0.393 e. The summed E-state index contributed by atoms with van der Waals surface area (Å²) in [4.78, 5) is 0. The van der Waals surface area contributed by atoms with Gasteiger partial charge in [-0.2, -0.15) is 0 Å². The highest BCUT2D eigenvalue weighted by atomic mass is 16.5. The van der Waals surface area contributed by atoms with Gasteiger partial charge in [-0.3, -0.25) is 0 Å². The fourth-order valence-corrected chi connectivity index (χ4v) is 1.55. The number of hydrogen-bond donors (Lipinski definition) is 3. The van der Waals surface area contributed by atoms with Gasteiger partial charge in [-0.15, -0.1) is 0 Å². The number of nitrogens with one attached hydrogen (secondary N) is 1. The summed E-state index contributed by atoms with van der Waals surface area (Å²) in [6, 6.07) is 0.184. The van der Waals surface area contributed by atoms with Crippen LogP contribution in [0.3, 0.4) is 0 Å². The van der Waals surface area contributed by atoms with Gasteiger partial charge in [-0.25, -0.2) is 0 Å². The Bertz CT molecular complexity index is 188. The standard InChI is InChI=1S/C13H29NO4/c1-10(2)18-6-5-17-9-13(16)8-14-11(3)7-12(4)15/h10-16H,5-9H2,1-4H3. The molecule has 0 saturated heterocycles. The van der Waals surface area contributed by atoms with Crippen molar-refractivity contribution in [1.29, 1.82) is 0 Å². The van der Waals surface area contributed by atoms with Crippen LogP contribution in [0.15, 0.2) is 0 Å². The van der Waals surface area contributed by atoms with Crippen molar-refractivity contribution >= 4 is 0 Å². The third kappa shape index (κ3) is 12.3. The maximum Gasteiger partial charge on any atom is 0.0897 e. The smallest absolute Gasteiger partial charge is 0.0897 e. The predicted molar refractivity (Wildman–Crippen MR) is 71.7 cm³/mol. The molecule has 3 atom stereocenters. The van der Waals surface area contributed by atoms with Crippen molar-refractivity contribution in [1.82, 2.24) is 5.32 Å². The molecule has 0 saturated carbocycles. The Morgan fingerprint density at radius 1 is 1.06 bits per heavy atom. The van der Waals surface area contributed by atoms with Crippen molar-refractivity contribution in [2.24, 2.45) is 0 Å². The molecule has 0 aliphatic carbocycles. The molecule has 0 bridgehead atoms. The molecule has 0 amide bonds. The summed E-state index contributed by atoms with van der Waals surface area (Å²) < 4.78 is 10.6. The van der Waals surface area contributed by atoms with Gasteiger partial charge in [-0.1, -0.05) is 0 Å². The molecule has 0 radical (unpaired) electrons. The lowest BCUT2D eigenvalue weighted by Gasteiger charge is -2.18. The van der Waals surface area contributed by atoms with Crippen LogP contribution in [0.5, 0.6) is 0 Å². The molecular weight excluding hydrogens is 234 g/mol. The Balaban J connectivity index is 3.39. The van der Waals surface area contributed by atoms with Crippen LogP contribution in [0.2, 0.25) is 0 Å². The van der Waals surface area contributed by atoms with Crippen LogP contribution in [-0.4, -0.2) is 60.9 Å². The van der Waals surface area contributed by atoms with E-state index in [1.165, 1.54) is 0 Å². The van der Waals surface area contributed by atoms with Crippen LogP contribution in [0, 0.1) is 0 Å². The van der Waals surface area contributed by atoms with Crippen LogP contribution in [-0.2, 0) is 9.47 Å². The normalized spacial score (nSPS) is 16.8. The summed E-state index contributed by atoms with van der Waals surface area (Å²) in [6.45, 7) is 9.51. The van der Waals surface area contributed by atoms with Gasteiger partial charge in [-0.05, 0) is 34.1 Å². The molecule has 0 heterocycles. The molecule has 0 aliphatic heterocycles. The SMILES string of the molecule is CC(O)CC(C)NCC(O)COCCOC(C)C. The van der Waals surface area contributed by atoms with E-state index in [-0.39, 0.29) is 18.2 Å². The first kappa shape index (κ1) is 17.8. The van der Waals surface area contributed by atoms with Gasteiger partial charge in [0.2, 0.25) is 0 Å². The van der Waals surface area contributed by atoms with Gasteiger partial charge in [0.1, 0.15) is 0 Å². The Hall–Kier alpha value is -0.200. The van der Waals surface area contributed by atoms with Crippen LogP contribution in [0.4, 0.5) is 0 Å². The van der Waals surface area contributed by atoms with Crippen LogP contribution < -0.4 is 5.32 Å². The number of rotatable bonds is 11. The van der Waals surface area contributed by atoms with Gasteiger partial charge >= 0.3 is 0 Å². The topological polar surface area (TPSA) is 71.0 Å². The zero-order chi connectivity index (χ0) is 14.0. The minimum atomic E-state index is -0.527. The predicted octanol–water partition coefficient (Wildman–Crippen LogP) is 0.538. The van der Waals surface area contributed by atoms with E-state index < -0.39 is 6.10 Å². The Labute approximate surface area is 110 Å². The molecular formula is C13H29NO4. The molecule has 3 N–H and O–H groups in total. The maximum atomic E-state index is 9.65. The van der Waals surface area contributed by atoms with E-state index in [0.717, 1.165) is 0 Å². The highest BCUT2D eigenvalue weighted by Gasteiger charge is 2.09. The van der Waals surface area contributed by atoms with Crippen LogP contribution >= 0.6 is 0 Å². The van der Waals surface area contributed by atoms with Crippen molar-refractivity contribution in [2.45, 2.75) is 58.5 Å². The third-order valence-corrected chi connectivity index (χ3v) is 2.39. The van der Waals surface area contributed by atoms with Gasteiger partial charge < -0.3 is 25.0 Å². The minimum absolute atomic E-state index is 0.184. The van der Waals surface area contributed by atoms with Crippen molar-refractivity contribution in [3.8, 4) is 0 Å². The van der Waals surface area contributed by atoms with Crippen molar-refractivity contribution in [2.75, 3.05) is 26.4 Å². The lowest BCUT2D eigenvalue weighted by atomic mass is 10.1. The van der Waals surface area contributed by atoms with Crippen LogP contribution in [0.1, 0.15) is 34.1 Å². The summed E-state index contributed by atoms with van der Waals surface area (Å²) >= 11 is 0. The molecule has 5 heteroatoms. The van der Waals surface area contributed by atoms with Gasteiger partial charge in [0.05, 0.1) is 38.1 Å².